The van der Waals surface area contributed by atoms with Crippen LogP contribution in [0.5, 0.6) is 0 Å². The van der Waals surface area contributed by atoms with Crippen LogP contribution in [0.3, 0.4) is 0 Å². The van der Waals surface area contributed by atoms with Crippen LogP contribution in [0.25, 0.3) is 10.9 Å². The van der Waals surface area contributed by atoms with Crippen LogP contribution in [-0.4, -0.2) is 76.3 Å². The number of nitrogens with one attached hydrogen (secondary N) is 2. The number of carbonyl (C=O) groups is 1. The Hall–Kier alpha value is -3.85. The van der Waals surface area contributed by atoms with E-state index in [0.29, 0.717) is 4.31 Å². The molecule has 1 amide bonds. The molecule has 3 aromatic rings. The molecule has 0 spiro atoms. The molecule has 0 bridgehead atoms. The molecule has 12 nitrogen and oxygen atoms in total. The van der Waals surface area contributed by atoms with E-state index >= 15 is 4.39 Å². The molecule has 0 radical (unpaired) electrons. The number of fused-ring (bicyclic) bond motifs is 2. The first-order valence-corrected chi connectivity index (χ1v) is 13.4. The Balaban J connectivity index is 1.54. The molecule has 17 heteroatoms. The Kier molecular flexibility index (Phi) is 6.69. The summed E-state index contributed by atoms with van der Waals surface area (Å²) in [6, 6.07) is 7.45. The van der Waals surface area contributed by atoms with Crippen LogP contribution in [0.4, 0.5) is 33.9 Å². The van der Waals surface area contributed by atoms with E-state index in [2.05, 4.69) is 15.4 Å². The van der Waals surface area contributed by atoms with Crippen LogP contribution in [0.1, 0.15) is 18.4 Å². The van der Waals surface area contributed by atoms with Crippen molar-refractivity contribution >= 4 is 39.3 Å². The maximum absolute atomic E-state index is 15.7. The Labute approximate surface area is 224 Å². The second kappa shape index (κ2) is 9.66. The highest BCUT2D eigenvalue weighted by molar-refractivity contribution is 8.22. The highest BCUT2D eigenvalue weighted by Gasteiger charge is 2.48. The van der Waals surface area contributed by atoms with Gasteiger partial charge < -0.3 is 20.3 Å². The average molecular weight is 586 g/mol. The minimum atomic E-state index is -4.66. The summed E-state index contributed by atoms with van der Waals surface area (Å²) < 4.78 is 77.2. The molecule has 0 saturated carbocycles. The van der Waals surface area contributed by atoms with E-state index in [1.807, 2.05) is 6.07 Å². The number of piperidine rings is 1. The number of likely N-dealkylation sites (tertiary alicyclic amines) is 1. The lowest BCUT2D eigenvalue weighted by Gasteiger charge is -2.42. The fraction of sp³-hybridized carbons (Fsp3) is 0.391. The molecule has 2 unspecified atom stereocenters. The number of hydrogen-bond acceptors (Lipinski definition) is 8. The van der Waals surface area contributed by atoms with Crippen LogP contribution in [0, 0.1) is 11.3 Å². The number of hydrogen-bond donors (Lipinski definition) is 5. The van der Waals surface area contributed by atoms with E-state index in [4.69, 9.17) is 0 Å². The van der Waals surface area contributed by atoms with Gasteiger partial charge in [-0.25, -0.2) is 9.18 Å². The smallest absolute Gasteiger partial charge is 0.407 e. The van der Waals surface area contributed by atoms with E-state index in [-0.39, 0.29) is 52.3 Å². The lowest BCUT2D eigenvalue weighted by molar-refractivity contribution is -0.137. The SMILES string of the molecule is N#CCC1(n2nc(Nc3ccc4c(c3)CN(CC(F)(F)F)S4(O)O)c3c(=O)[nH]ccc32)CCN(C(=O)O)CC1F. The number of amides is 1. The summed E-state index contributed by atoms with van der Waals surface area (Å²) in [5.41, 5.74) is -1.52. The molecule has 2 atom stereocenters. The van der Waals surface area contributed by atoms with Gasteiger partial charge in [-0.15, -0.1) is 10.8 Å². The summed E-state index contributed by atoms with van der Waals surface area (Å²) in [5, 5.41) is 26.2. The van der Waals surface area contributed by atoms with Gasteiger partial charge >= 0.3 is 12.3 Å². The minimum absolute atomic E-state index is 0.0103. The number of nitrogens with zero attached hydrogens (tertiary/aromatic N) is 5. The number of pyridine rings is 1. The zero-order valence-corrected chi connectivity index (χ0v) is 21.3. The first kappa shape index (κ1) is 27.7. The zero-order chi connectivity index (χ0) is 29.0. The van der Waals surface area contributed by atoms with E-state index in [1.165, 1.54) is 35.1 Å². The second-order valence-corrected chi connectivity index (χ2v) is 11.6. The van der Waals surface area contributed by atoms with Crippen LogP contribution >= 0.6 is 10.8 Å². The van der Waals surface area contributed by atoms with Gasteiger partial charge in [0.15, 0.2) is 5.82 Å². The van der Waals surface area contributed by atoms with Crippen molar-refractivity contribution in [3.63, 3.8) is 0 Å². The van der Waals surface area contributed by atoms with Crippen LogP contribution in [0.2, 0.25) is 0 Å². The normalized spacial score (nSPS) is 23.5. The maximum Gasteiger partial charge on any atom is 0.407 e. The number of aromatic nitrogens is 3. The number of carboxylic acid groups (broad SMARTS) is 1. The number of rotatable bonds is 5. The van der Waals surface area contributed by atoms with Crippen molar-refractivity contribution in [1.82, 2.24) is 24.0 Å². The summed E-state index contributed by atoms with van der Waals surface area (Å²) in [6.45, 7) is -2.49. The quantitative estimate of drug-likeness (QED) is 0.275. The Morgan fingerprint density at radius 3 is 2.73 bits per heavy atom. The number of nitriles is 1. The maximum atomic E-state index is 15.7. The van der Waals surface area contributed by atoms with Gasteiger partial charge in [-0.2, -0.15) is 27.8 Å². The molecule has 1 saturated heterocycles. The van der Waals surface area contributed by atoms with Gasteiger partial charge in [0.2, 0.25) is 0 Å². The van der Waals surface area contributed by atoms with Gasteiger partial charge in [0.05, 0.1) is 29.4 Å². The standard InChI is InChI=1S/C23H23F4N7O5S/c24-17-11-32(21(36)37)8-5-22(17,4-6-28)34-15-3-7-29-20(35)18(15)19(31-34)30-14-1-2-16-13(9-14)10-33(40(16,38)39)12-23(25,26)27/h1-3,7,9,17,38-39H,4-5,8,10-12H2,(H,29,35)(H,30,31)(H,36,37). The highest BCUT2D eigenvalue weighted by atomic mass is 32.3. The van der Waals surface area contributed by atoms with E-state index < -0.39 is 59.9 Å². The fourth-order valence-electron chi connectivity index (χ4n) is 5.22. The van der Waals surface area contributed by atoms with Crippen LogP contribution in [-0.2, 0) is 12.1 Å². The van der Waals surface area contributed by atoms with Crippen molar-refractivity contribution in [3.05, 3.63) is 46.4 Å². The van der Waals surface area contributed by atoms with Gasteiger partial charge in [-0.3, -0.25) is 18.6 Å². The first-order valence-electron chi connectivity index (χ1n) is 11.9. The zero-order valence-electron chi connectivity index (χ0n) is 20.5. The average Bonchev–Trinajstić information content (AvgIpc) is 3.34. The lowest BCUT2D eigenvalue weighted by Crippen LogP contribution is -2.56. The van der Waals surface area contributed by atoms with Crippen molar-refractivity contribution < 1.29 is 36.6 Å². The van der Waals surface area contributed by atoms with Crippen molar-refractivity contribution in [2.45, 2.75) is 42.2 Å². The Morgan fingerprint density at radius 1 is 1.32 bits per heavy atom. The van der Waals surface area contributed by atoms with E-state index in [1.54, 1.807) is 0 Å². The number of anilines is 2. The third-order valence-corrected chi connectivity index (χ3v) is 9.11. The predicted octanol–water partition coefficient (Wildman–Crippen LogP) is 4.20. The van der Waals surface area contributed by atoms with Crippen molar-refractivity contribution in [3.8, 4) is 6.07 Å². The number of benzene rings is 1. The molecule has 5 rings (SSSR count). The van der Waals surface area contributed by atoms with Gasteiger partial charge in [-0.05, 0) is 36.2 Å². The Morgan fingerprint density at radius 2 is 2.08 bits per heavy atom. The first-order chi connectivity index (χ1) is 18.8. The predicted molar refractivity (Wildman–Crippen MR) is 135 cm³/mol. The summed E-state index contributed by atoms with van der Waals surface area (Å²) in [7, 11) is -3.86. The van der Waals surface area contributed by atoms with Crippen molar-refractivity contribution in [2.75, 3.05) is 25.0 Å². The van der Waals surface area contributed by atoms with E-state index in [9.17, 15) is 42.2 Å². The molecule has 2 aliphatic rings. The summed E-state index contributed by atoms with van der Waals surface area (Å²) in [4.78, 5) is 27.6. The molecular formula is C23H23F4N7O5S. The third kappa shape index (κ3) is 4.62. The Bertz CT molecular complexity index is 1590. The second-order valence-electron chi connectivity index (χ2n) is 9.59. The molecule has 1 aromatic carbocycles. The van der Waals surface area contributed by atoms with Gasteiger partial charge in [0.1, 0.15) is 23.6 Å². The minimum Gasteiger partial charge on any atom is -0.465 e. The van der Waals surface area contributed by atoms with Gasteiger partial charge in [-0.1, -0.05) is 0 Å². The summed E-state index contributed by atoms with van der Waals surface area (Å²) in [6.07, 6.45) is -6.94. The van der Waals surface area contributed by atoms with Gasteiger partial charge in [0, 0.05) is 25.0 Å². The number of halogens is 4. The molecule has 0 aliphatic carbocycles. The number of H-pyrrole nitrogens is 1. The van der Waals surface area contributed by atoms with Gasteiger partial charge in [0.25, 0.3) is 5.56 Å². The topological polar surface area (TPSA) is 171 Å². The highest BCUT2D eigenvalue weighted by Crippen LogP contribution is 2.59. The van der Waals surface area contributed by atoms with E-state index in [0.717, 1.165) is 4.90 Å². The molecule has 214 valence electrons. The monoisotopic (exact) mass is 585 g/mol. The van der Waals surface area contributed by atoms with Crippen LogP contribution in [0.15, 0.2) is 40.2 Å². The number of aromatic amines is 1. The molecule has 5 N–H and O–H groups in total. The molecule has 2 aliphatic heterocycles. The molecule has 1 fully saturated rings. The largest absolute Gasteiger partial charge is 0.465 e. The molecule has 40 heavy (non-hydrogen) atoms. The summed E-state index contributed by atoms with van der Waals surface area (Å²) >= 11 is 0. The van der Waals surface area contributed by atoms with Crippen LogP contribution < -0.4 is 10.9 Å². The lowest BCUT2D eigenvalue weighted by atomic mass is 9.83. The molecule has 4 heterocycles. The molecular weight excluding hydrogens is 562 g/mol. The summed E-state index contributed by atoms with van der Waals surface area (Å²) in [5.74, 6) is -0.0428. The number of alkyl halides is 4. The molecule has 2 aromatic heterocycles. The van der Waals surface area contributed by atoms with Crippen molar-refractivity contribution in [1.29, 1.82) is 5.26 Å². The third-order valence-electron chi connectivity index (χ3n) is 7.14. The van der Waals surface area contributed by atoms with Crippen molar-refractivity contribution in [2.24, 2.45) is 0 Å². The fourth-order valence-corrected chi connectivity index (χ4v) is 6.87.